The molecule has 0 aromatic heterocycles. The van der Waals surface area contributed by atoms with Crippen molar-refractivity contribution in [1.29, 1.82) is 0 Å². The summed E-state index contributed by atoms with van der Waals surface area (Å²) in [6.45, 7) is 3.55. The molecule has 0 bridgehead atoms. The standard InChI is InChI=1S/C21H21NO5/c1-14-7-8-15(2)16(11-14)18(23)12-27-21(25)9-10-22-17-5-3-4-6-19(17)26-13-20(22)24/h3-8,11H,9-10,12-13H2,1-2H3. The molecule has 0 unspecified atom stereocenters. The van der Waals surface area contributed by atoms with Crippen molar-refractivity contribution in [3.63, 3.8) is 0 Å². The highest BCUT2D eigenvalue weighted by Gasteiger charge is 2.25. The minimum Gasteiger partial charge on any atom is -0.482 e. The molecule has 1 amide bonds. The van der Waals surface area contributed by atoms with Crippen LogP contribution in [-0.4, -0.2) is 37.4 Å². The molecule has 0 atom stereocenters. The van der Waals surface area contributed by atoms with Gasteiger partial charge in [0, 0.05) is 12.1 Å². The van der Waals surface area contributed by atoms with Crippen LogP contribution in [0, 0.1) is 13.8 Å². The number of fused-ring (bicyclic) bond motifs is 1. The Kier molecular flexibility index (Phi) is 5.54. The minimum atomic E-state index is -0.523. The van der Waals surface area contributed by atoms with E-state index >= 15 is 0 Å². The number of nitrogens with zero attached hydrogens (tertiary/aromatic N) is 1. The molecule has 0 spiro atoms. The van der Waals surface area contributed by atoms with Crippen molar-refractivity contribution < 1.29 is 23.9 Å². The quantitative estimate of drug-likeness (QED) is 0.580. The number of amides is 1. The van der Waals surface area contributed by atoms with Crippen molar-refractivity contribution in [3.05, 3.63) is 59.2 Å². The summed E-state index contributed by atoms with van der Waals surface area (Å²) in [5.74, 6) is -0.369. The van der Waals surface area contributed by atoms with Gasteiger partial charge in [-0.1, -0.05) is 29.8 Å². The van der Waals surface area contributed by atoms with Crippen LogP contribution in [0.2, 0.25) is 0 Å². The average Bonchev–Trinajstić information content (AvgIpc) is 2.67. The van der Waals surface area contributed by atoms with Gasteiger partial charge in [-0.05, 0) is 37.6 Å². The molecule has 27 heavy (non-hydrogen) atoms. The molecule has 0 aliphatic carbocycles. The summed E-state index contributed by atoms with van der Waals surface area (Å²) in [5, 5.41) is 0. The van der Waals surface area contributed by atoms with Gasteiger partial charge < -0.3 is 14.4 Å². The van der Waals surface area contributed by atoms with Gasteiger partial charge in [0.15, 0.2) is 13.2 Å². The number of ether oxygens (including phenoxy) is 2. The predicted molar refractivity (Wildman–Crippen MR) is 100 cm³/mol. The zero-order valence-corrected chi connectivity index (χ0v) is 15.4. The Balaban J connectivity index is 1.55. The Morgan fingerprint density at radius 2 is 1.93 bits per heavy atom. The van der Waals surface area contributed by atoms with E-state index in [9.17, 15) is 14.4 Å². The molecule has 3 rings (SSSR count). The normalized spacial score (nSPS) is 13.0. The molecule has 1 heterocycles. The number of ketones is 1. The summed E-state index contributed by atoms with van der Waals surface area (Å²) < 4.78 is 10.5. The van der Waals surface area contributed by atoms with Crippen LogP contribution >= 0.6 is 0 Å². The second-order valence-electron chi connectivity index (χ2n) is 6.45. The molecule has 0 saturated carbocycles. The number of carbonyl (C=O) groups is 3. The lowest BCUT2D eigenvalue weighted by Crippen LogP contribution is -2.40. The van der Waals surface area contributed by atoms with Crippen molar-refractivity contribution >= 4 is 23.3 Å². The molecule has 0 saturated heterocycles. The van der Waals surface area contributed by atoms with E-state index in [0.717, 1.165) is 11.1 Å². The molecule has 6 heteroatoms. The van der Waals surface area contributed by atoms with Crippen molar-refractivity contribution in [1.82, 2.24) is 0 Å². The van der Waals surface area contributed by atoms with Crippen LogP contribution < -0.4 is 9.64 Å². The van der Waals surface area contributed by atoms with E-state index in [2.05, 4.69) is 0 Å². The summed E-state index contributed by atoms with van der Waals surface area (Å²) in [6, 6.07) is 12.7. The van der Waals surface area contributed by atoms with Gasteiger partial charge >= 0.3 is 5.97 Å². The first-order valence-electron chi connectivity index (χ1n) is 8.74. The van der Waals surface area contributed by atoms with Gasteiger partial charge in [-0.25, -0.2) is 0 Å². The van der Waals surface area contributed by atoms with Crippen molar-refractivity contribution in [2.75, 3.05) is 24.7 Å². The van der Waals surface area contributed by atoms with Crippen LogP contribution in [0.3, 0.4) is 0 Å². The highest BCUT2D eigenvalue weighted by atomic mass is 16.5. The third-order valence-electron chi connectivity index (χ3n) is 4.41. The number of carbonyl (C=O) groups excluding carboxylic acids is 3. The Labute approximate surface area is 157 Å². The van der Waals surface area contributed by atoms with Crippen LogP contribution in [-0.2, 0) is 14.3 Å². The number of para-hydroxylation sites is 2. The molecule has 6 nitrogen and oxygen atoms in total. The monoisotopic (exact) mass is 367 g/mol. The molecule has 2 aromatic rings. The number of aryl methyl sites for hydroxylation is 2. The molecular formula is C21H21NO5. The number of rotatable bonds is 6. The van der Waals surface area contributed by atoms with Crippen LogP contribution in [0.15, 0.2) is 42.5 Å². The largest absolute Gasteiger partial charge is 0.482 e. The number of hydrogen-bond acceptors (Lipinski definition) is 5. The van der Waals surface area contributed by atoms with Crippen molar-refractivity contribution in [2.24, 2.45) is 0 Å². The van der Waals surface area contributed by atoms with Gasteiger partial charge in [-0.3, -0.25) is 14.4 Å². The summed E-state index contributed by atoms with van der Waals surface area (Å²) in [6.07, 6.45) is 0.000153. The molecule has 0 radical (unpaired) electrons. The van der Waals surface area contributed by atoms with Gasteiger partial charge in [0.25, 0.3) is 5.91 Å². The highest BCUT2D eigenvalue weighted by Crippen LogP contribution is 2.31. The third-order valence-corrected chi connectivity index (χ3v) is 4.41. The fourth-order valence-electron chi connectivity index (χ4n) is 2.93. The predicted octanol–water partition coefficient (Wildman–Crippen LogP) is 2.85. The number of anilines is 1. The van der Waals surface area contributed by atoms with E-state index < -0.39 is 5.97 Å². The third kappa shape index (κ3) is 4.34. The second kappa shape index (κ2) is 8.03. The van der Waals surface area contributed by atoms with Gasteiger partial charge in [0.1, 0.15) is 5.75 Å². The van der Waals surface area contributed by atoms with E-state index in [0.29, 0.717) is 17.0 Å². The summed E-state index contributed by atoms with van der Waals surface area (Å²) in [5.41, 5.74) is 3.00. The SMILES string of the molecule is Cc1ccc(C)c(C(=O)COC(=O)CCN2C(=O)COc3ccccc32)c1. The lowest BCUT2D eigenvalue weighted by atomic mass is 10.0. The van der Waals surface area contributed by atoms with E-state index in [1.807, 2.05) is 32.0 Å². The number of esters is 1. The summed E-state index contributed by atoms with van der Waals surface area (Å²) >= 11 is 0. The molecular weight excluding hydrogens is 346 g/mol. The molecule has 0 N–H and O–H groups in total. The van der Waals surface area contributed by atoms with Crippen LogP contribution in [0.5, 0.6) is 5.75 Å². The zero-order valence-electron chi connectivity index (χ0n) is 15.4. The number of benzene rings is 2. The van der Waals surface area contributed by atoms with Crippen LogP contribution in [0.1, 0.15) is 27.9 Å². The zero-order chi connectivity index (χ0) is 19.4. The van der Waals surface area contributed by atoms with Gasteiger partial charge in [0.05, 0.1) is 12.1 Å². The number of Topliss-reactive ketones (excluding diaryl/α,β-unsaturated/α-hetero) is 1. The first-order chi connectivity index (χ1) is 13.0. The maximum Gasteiger partial charge on any atom is 0.308 e. The topological polar surface area (TPSA) is 72.9 Å². The Morgan fingerprint density at radius 1 is 1.15 bits per heavy atom. The fraction of sp³-hybridized carbons (Fsp3) is 0.286. The Hall–Kier alpha value is -3.15. The molecule has 1 aliphatic rings. The molecule has 0 fully saturated rings. The van der Waals surface area contributed by atoms with Crippen molar-refractivity contribution in [3.8, 4) is 5.75 Å². The first-order valence-corrected chi connectivity index (χ1v) is 8.74. The first kappa shape index (κ1) is 18.6. The van der Waals surface area contributed by atoms with E-state index in [4.69, 9.17) is 9.47 Å². The smallest absolute Gasteiger partial charge is 0.308 e. The van der Waals surface area contributed by atoms with Crippen LogP contribution in [0.4, 0.5) is 5.69 Å². The van der Waals surface area contributed by atoms with E-state index in [1.54, 1.807) is 24.3 Å². The van der Waals surface area contributed by atoms with E-state index in [1.165, 1.54) is 4.90 Å². The fourth-order valence-corrected chi connectivity index (χ4v) is 2.93. The van der Waals surface area contributed by atoms with E-state index in [-0.39, 0.29) is 37.9 Å². The Bertz CT molecular complexity index is 890. The lowest BCUT2D eigenvalue weighted by Gasteiger charge is -2.28. The molecule has 140 valence electrons. The average molecular weight is 367 g/mol. The second-order valence-corrected chi connectivity index (χ2v) is 6.45. The number of hydrogen-bond donors (Lipinski definition) is 0. The minimum absolute atomic E-state index is 0.000153. The molecule has 2 aromatic carbocycles. The van der Waals surface area contributed by atoms with Crippen molar-refractivity contribution in [2.45, 2.75) is 20.3 Å². The highest BCUT2D eigenvalue weighted by molar-refractivity contribution is 6.00. The Morgan fingerprint density at radius 3 is 2.74 bits per heavy atom. The van der Waals surface area contributed by atoms with Gasteiger partial charge in [-0.15, -0.1) is 0 Å². The summed E-state index contributed by atoms with van der Waals surface area (Å²) in [7, 11) is 0. The maximum absolute atomic E-state index is 12.3. The molecule has 1 aliphatic heterocycles. The lowest BCUT2D eigenvalue weighted by molar-refractivity contribution is -0.142. The van der Waals surface area contributed by atoms with Gasteiger partial charge in [0.2, 0.25) is 5.78 Å². The maximum atomic E-state index is 12.3. The van der Waals surface area contributed by atoms with Crippen LogP contribution in [0.25, 0.3) is 0 Å². The van der Waals surface area contributed by atoms with Gasteiger partial charge in [-0.2, -0.15) is 0 Å². The summed E-state index contributed by atoms with van der Waals surface area (Å²) in [4.78, 5) is 37.9.